The molecule has 3 nitrogen and oxygen atoms in total. The van der Waals surface area contributed by atoms with E-state index < -0.39 is 8.32 Å². The predicted molar refractivity (Wildman–Crippen MR) is 91.6 cm³/mol. The zero-order valence-corrected chi connectivity index (χ0v) is 15.4. The molecule has 0 saturated heterocycles. The van der Waals surface area contributed by atoms with Gasteiger partial charge in [0.15, 0.2) is 8.32 Å². The van der Waals surface area contributed by atoms with Gasteiger partial charge in [-0.3, -0.25) is 0 Å². The monoisotopic (exact) mass is 308 g/mol. The van der Waals surface area contributed by atoms with Gasteiger partial charge in [0.25, 0.3) is 0 Å². The lowest BCUT2D eigenvalue weighted by atomic mass is 10.1. The van der Waals surface area contributed by atoms with Crippen LogP contribution in [0.5, 0.6) is 11.5 Å². The summed E-state index contributed by atoms with van der Waals surface area (Å²) in [6.07, 6.45) is 1.81. The first-order chi connectivity index (χ1) is 9.66. The van der Waals surface area contributed by atoms with Crippen molar-refractivity contribution in [1.82, 2.24) is 0 Å². The van der Waals surface area contributed by atoms with Crippen LogP contribution in [0, 0.1) is 0 Å². The zero-order chi connectivity index (χ0) is 16.3. The van der Waals surface area contributed by atoms with Crippen LogP contribution < -0.4 is 9.47 Å². The molecule has 0 radical (unpaired) electrons. The van der Waals surface area contributed by atoms with Crippen molar-refractivity contribution < 1.29 is 13.9 Å². The third-order valence-corrected chi connectivity index (χ3v) is 8.73. The molecule has 4 heteroatoms. The first-order valence-corrected chi connectivity index (χ1v) is 10.1. The smallest absolute Gasteiger partial charge is 0.192 e. The first-order valence-electron chi connectivity index (χ1n) is 7.17. The van der Waals surface area contributed by atoms with Gasteiger partial charge in [0, 0.05) is 11.6 Å². The number of hydrogen-bond donors (Lipinski definition) is 0. The molecule has 0 aliphatic rings. The summed E-state index contributed by atoms with van der Waals surface area (Å²) in [5.74, 6) is 1.53. The van der Waals surface area contributed by atoms with Crippen LogP contribution in [0.4, 0.5) is 0 Å². The van der Waals surface area contributed by atoms with E-state index in [2.05, 4.69) is 40.4 Å². The Bertz CT molecular complexity index is 501. The van der Waals surface area contributed by atoms with E-state index in [0.29, 0.717) is 6.61 Å². The molecule has 0 unspecified atom stereocenters. The van der Waals surface area contributed by atoms with E-state index in [4.69, 9.17) is 13.9 Å². The van der Waals surface area contributed by atoms with Gasteiger partial charge < -0.3 is 13.9 Å². The topological polar surface area (TPSA) is 27.7 Å². The highest BCUT2D eigenvalue weighted by molar-refractivity contribution is 6.74. The van der Waals surface area contributed by atoms with Gasteiger partial charge in [-0.15, -0.1) is 0 Å². The Labute approximate surface area is 130 Å². The lowest BCUT2D eigenvalue weighted by Gasteiger charge is -2.36. The Balaban J connectivity index is 3.10. The average Bonchev–Trinajstić information content (AvgIpc) is 2.42. The predicted octanol–water partition coefficient (Wildman–Crippen LogP) is 4.87. The van der Waals surface area contributed by atoms with Gasteiger partial charge in [0.2, 0.25) is 0 Å². The summed E-state index contributed by atoms with van der Waals surface area (Å²) in [7, 11) is 1.51. The summed E-state index contributed by atoms with van der Waals surface area (Å²) in [6, 6.07) is 3.86. The van der Waals surface area contributed by atoms with Crippen molar-refractivity contribution in [3.05, 3.63) is 29.8 Å². The molecular formula is C17H28O3Si. The molecule has 0 bridgehead atoms. The molecule has 0 spiro atoms. The van der Waals surface area contributed by atoms with Crippen molar-refractivity contribution in [2.24, 2.45) is 0 Å². The second-order valence-corrected chi connectivity index (χ2v) is 11.5. The van der Waals surface area contributed by atoms with Crippen LogP contribution in [0.15, 0.2) is 18.7 Å². The summed E-state index contributed by atoms with van der Waals surface area (Å²) in [4.78, 5) is 0. The Hall–Kier alpha value is -1.26. The van der Waals surface area contributed by atoms with Crippen LogP contribution in [0.3, 0.4) is 0 Å². The number of methoxy groups -OCH3 is 2. The maximum atomic E-state index is 6.30. The van der Waals surface area contributed by atoms with E-state index in [1.54, 1.807) is 14.2 Å². The van der Waals surface area contributed by atoms with Crippen LogP contribution in [-0.4, -0.2) is 22.5 Å². The molecule has 0 atom stereocenters. The summed E-state index contributed by atoms with van der Waals surface area (Å²) in [5, 5.41) is 0.185. The van der Waals surface area contributed by atoms with Gasteiger partial charge in [-0.1, -0.05) is 33.4 Å². The van der Waals surface area contributed by atoms with Gasteiger partial charge in [-0.25, -0.2) is 0 Å². The van der Waals surface area contributed by atoms with Crippen LogP contribution >= 0.6 is 0 Å². The van der Waals surface area contributed by atoms with Gasteiger partial charge in [0.1, 0.15) is 11.5 Å². The van der Waals surface area contributed by atoms with E-state index in [1.807, 2.05) is 18.2 Å². The molecule has 118 valence electrons. The minimum Gasteiger partial charge on any atom is -0.497 e. The maximum absolute atomic E-state index is 6.30. The molecule has 0 aliphatic heterocycles. The second kappa shape index (κ2) is 6.67. The van der Waals surface area contributed by atoms with Crippen LogP contribution in [0.2, 0.25) is 18.1 Å². The highest BCUT2D eigenvalue weighted by Crippen LogP contribution is 2.38. The number of rotatable bonds is 6. The standard InChI is InChI=1S/C17H28O3Si/c1-9-15-13(10-14(18-5)11-16(15)19-6)12-20-21(7,8)17(2,3)4/h9-11H,1,12H2,2-8H3. The van der Waals surface area contributed by atoms with E-state index >= 15 is 0 Å². The lowest BCUT2D eigenvalue weighted by Crippen LogP contribution is -2.40. The molecule has 1 aromatic carbocycles. The third-order valence-electron chi connectivity index (χ3n) is 4.26. The Kier molecular flexibility index (Phi) is 5.65. The van der Waals surface area contributed by atoms with Crippen molar-refractivity contribution in [2.75, 3.05) is 14.2 Å². The number of hydrogen-bond acceptors (Lipinski definition) is 3. The molecule has 0 amide bonds. The average molecular weight is 308 g/mol. The maximum Gasteiger partial charge on any atom is 0.192 e. The van der Waals surface area contributed by atoms with Crippen LogP contribution in [-0.2, 0) is 11.0 Å². The Morgan fingerprint density at radius 2 is 1.76 bits per heavy atom. The highest BCUT2D eigenvalue weighted by atomic mass is 28.4. The Morgan fingerprint density at radius 3 is 2.19 bits per heavy atom. The van der Waals surface area contributed by atoms with E-state index in [1.165, 1.54) is 0 Å². The largest absolute Gasteiger partial charge is 0.497 e. The van der Waals surface area contributed by atoms with Crippen molar-refractivity contribution in [3.63, 3.8) is 0 Å². The van der Waals surface area contributed by atoms with Crippen molar-refractivity contribution >= 4 is 14.4 Å². The molecule has 1 rings (SSSR count). The van der Waals surface area contributed by atoms with Gasteiger partial charge in [0.05, 0.1) is 20.8 Å². The molecule has 0 saturated carbocycles. The molecule has 0 aliphatic carbocycles. The zero-order valence-electron chi connectivity index (χ0n) is 14.4. The summed E-state index contributed by atoms with van der Waals surface area (Å²) in [5.41, 5.74) is 2.02. The van der Waals surface area contributed by atoms with E-state index in [9.17, 15) is 0 Å². The van der Waals surface area contributed by atoms with Gasteiger partial charge in [-0.05, 0) is 29.8 Å². The molecule has 0 fully saturated rings. The van der Waals surface area contributed by atoms with Crippen molar-refractivity contribution in [3.8, 4) is 11.5 Å². The van der Waals surface area contributed by atoms with Gasteiger partial charge >= 0.3 is 0 Å². The minimum atomic E-state index is -1.79. The van der Waals surface area contributed by atoms with E-state index in [-0.39, 0.29) is 5.04 Å². The fourth-order valence-corrected chi connectivity index (χ4v) is 2.72. The molecular weight excluding hydrogens is 280 g/mol. The first kappa shape index (κ1) is 17.8. The summed E-state index contributed by atoms with van der Waals surface area (Å²) in [6.45, 7) is 15.6. The quantitative estimate of drug-likeness (QED) is 0.702. The molecule has 21 heavy (non-hydrogen) atoms. The number of benzene rings is 1. The van der Waals surface area contributed by atoms with Crippen LogP contribution in [0.25, 0.3) is 6.08 Å². The molecule has 0 N–H and O–H groups in total. The van der Waals surface area contributed by atoms with Crippen LogP contribution in [0.1, 0.15) is 31.9 Å². The fraction of sp³-hybridized carbons (Fsp3) is 0.529. The summed E-state index contributed by atoms with van der Waals surface area (Å²) < 4.78 is 17.1. The van der Waals surface area contributed by atoms with Crippen molar-refractivity contribution in [1.29, 1.82) is 0 Å². The molecule has 1 aromatic rings. The second-order valence-electron chi connectivity index (χ2n) is 6.66. The third kappa shape index (κ3) is 4.11. The molecule has 0 heterocycles. The summed E-state index contributed by atoms with van der Waals surface area (Å²) >= 11 is 0. The van der Waals surface area contributed by atoms with E-state index in [0.717, 1.165) is 22.6 Å². The van der Waals surface area contributed by atoms with Gasteiger partial charge in [-0.2, -0.15) is 0 Å². The van der Waals surface area contributed by atoms with Crippen molar-refractivity contribution in [2.45, 2.75) is 45.5 Å². The number of ether oxygens (including phenoxy) is 2. The lowest BCUT2D eigenvalue weighted by molar-refractivity contribution is 0.274. The normalized spacial score (nSPS) is 12.1. The Morgan fingerprint density at radius 1 is 1.14 bits per heavy atom. The fourth-order valence-electron chi connectivity index (χ4n) is 1.77. The highest BCUT2D eigenvalue weighted by Gasteiger charge is 2.37. The molecule has 0 aromatic heterocycles. The SMILES string of the molecule is C=Cc1c(CO[Si](C)(C)C(C)(C)C)cc(OC)cc1OC. The minimum absolute atomic E-state index is 0.185.